The highest BCUT2D eigenvalue weighted by molar-refractivity contribution is 9.10. The van der Waals surface area contributed by atoms with E-state index in [1.165, 1.54) is 0 Å². The summed E-state index contributed by atoms with van der Waals surface area (Å²) in [5.74, 6) is 1.11. The zero-order valence-electron chi connectivity index (χ0n) is 10.3. The van der Waals surface area contributed by atoms with E-state index in [1.807, 2.05) is 24.3 Å². The standard InChI is InChI=1S/C8H9BrO2.C6H5BrO/c1-10-6-11-8-4-2-7(9)3-5-8;7-5-1-3-6(8)4-2-5/h2-5H,6H2,1H3;1-4,8H. The van der Waals surface area contributed by atoms with E-state index in [-0.39, 0.29) is 0 Å². The van der Waals surface area contributed by atoms with Gasteiger partial charge in [-0.15, -0.1) is 0 Å². The average molecular weight is 390 g/mol. The topological polar surface area (TPSA) is 38.7 Å². The Hall–Kier alpha value is -1.04. The van der Waals surface area contributed by atoms with E-state index in [1.54, 1.807) is 31.4 Å². The molecule has 0 fully saturated rings. The van der Waals surface area contributed by atoms with Crippen molar-refractivity contribution < 1.29 is 14.6 Å². The lowest BCUT2D eigenvalue weighted by Crippen LogP contribution is -1.97. The molecule has 0 saturated carbocycles. The molecule has 0 atom stereocenters. The van der Waals surface area contributed by atoms with E-state index in [4.69, 9.17) is 14.6 Å². The Morgan fingerprint density at radius 1 is 0.895 bits per heavy atom. The summed E-state index contributed by atoms with van der Waals surface area (Å²) in [5, 5.41) is 8.74. The van der Waals surface area contributed by atoms with Crippen LogP contribution in [0.2, 0.25) is 0 Å². The molecule has 1 N–H and O–H groups in total. The largest absolute Gasteiger partial charge is 0.508 e. The van der Waals surface area contributed by atoms with Crippen molar-refractivity contribution in [3.8, 4) is 11.5 Å². The van der Waals surface area contributed by atoms with Crippen molar-refractivity contribution in [2.75, 3.05) is 13.9 Å². The number of ether oxygens (including phenoxy) is 2. The summed E-state index contributed by atoms with van der Waals surface area (Å²) in [6, 6.07) is 14.4. The Labute approximate surface area is 129 Å². The summed E-state index contributed by atoms with van der Waals surface area (Å²) in [7, 11) is 1.60. The summed E-state index contributed by atoms with van der Waals surface area (Å²) >= 11 is 6.56. The summed E-state index contributed by atoms with van der Waals surface area (Å²) in [5.41, 5.74) is 0. The summed E-state index contributed by atoms with van der Waals surface area (Å²) in [4.78, 5) is 0. The minimum Gasteiger partial charge on any atom is -0.508 e. The predicted octanol–water partition coefficient (Wildman–Crippen LogP) is 4.59. The summed E-state index contributed by atoms with van der Waals surface area (Å²) in [6.07, 6.45) is 0. The Kier molecular flexibility index (Phi) is 7.55. The Morgan fingerprint density at radius 2 is 1.37 bits per heavy atom. The minimum absolute atomic E-state index is 0.293. The van der Waals surface area contributed by atoms with Crippen molar-refractivity contribution in [1.82, 2.24) is 0 Å². The highest BCUT2D eigenvalue weighted by atomic mass is 79.9. The maximum atomic E-state index is 8.74. The second kappa shape index (κ2) is 8.96. The molecule has 2 aromatic carbocycles. The smallest absolute Gasteiger partial charge is 0.188 e. The fourth-order valence-electron chi connectivity index (χ4n) is 1.10. The second-order valence-corrected chi connectivity index (χ2v) is 5.31. The van der Waals surface area contributed by atoms with Gasteiger partial charge in [-0.2, -0.15) is 0 Å². The van der Waals surface area contributed by atoms with Gasteiger partial charge in [0.1, 0.15) is 11.5 Å². The zero-order valence-corrected chi connectivity index (χ0v) is 13.5. The van der Waals surface area contributed by atoms with E-state index < -0.39 is 0 Å². The van der Waals surface area contributed by atoms with Crippen LogP contribution in [0, 0.1) is 0 Å². The van der Waals surface area contributed by atoms with E-state index in [0.29, 0.717) is 12.5 Å². The van der Waals surface area contributed by atoms with Crippen LogP contribution in [0.25, 0.3) is 0 Å². The number of hydrogen-bond acceptors (Lipinski definition) is 3. The molecule has 0 heterocycles. The molecular weight excluding hydrogens is 376 g/mol. The first-order chi connectivity index (χ1) is 9.11. The number of benzene rings is 2. The lowest BCUT2D eigenvalue weighted by molar-refractivity contribution is 0.0511. The zero-order chi connectivity index (χ0) is 14.1. The molecule has 0 aliphatic carbocycles. The number of hydrogen-bond donors (Lipinski definition) is 1. The molecule has 0 spiro atoms. The molecule has 2 rings (SSSR count). The van der Waals surface area contributed by atoms with Gasteiger partial charge in [0.25, 0.3) is 0 Å². The predicted molar refractivity (Wildman–Crippen MR) is 82.5 cm³/mol. The molecule has 0 saturated heterocycles. The normalized spacial score (nSPS) is 9.42. The van der Waals surface area contributed by atoms with Gasteiger partial charge in [-0.25, -0.2) is 0 Å². The fraction of sp³-hybridized carbons (Fsp3) is 0.143. The van der Waals surface area contributed by atoms with Crippen molar-refractivity contribution in [2.45, 2.75) is 0 Å². The molecule has 0 amide bonds. The minimum atomic E-state index is 0.293. The van der Waals surface area contributed by atoms with E-state index in [0.717, 1.165) is 14.7 Å². The van der Waals surface area contributed by atoms with Crippen LogP contribution in [-0.2, 0) is 4.74 Å². The van der Waals surface area contributed by atoms with Gasteiger partial charge in [-0.1, -0.05) is 31.9 Å². The molecule has 0 unspecified atom stereocenters. The second-order valence-electron chi connectivity index (χ2n) is 3.48. The van der Waals surface area contributed by atoms with E-state index >= 15 is 0 Å². The molecule has 2 aromatic rings. The molecule has 0 aliphatic heterocycles. The number of methoxy groups -OCH3 is 1. The number of aromatic hydroxyl groups is 1. The first kappa shape index (κ1) is 16.0. The van der Waals surface area contributed by atoms with Gasteiger partial charge < -0.3 is 14.6 Å². The van der Waals surface area contributed by atoms with Gasteiger partial charge in [0.05, 0.1) is 0 Å². The molecule has 102 valence electrons. The van der Waals surface area contributed by atoms with Crippen molar-refractivity contribution >= 4 is 31.9 Å². The molecule has 0 aromatic heterocycles. The van der Waals surface area contributed by atoms with Crippen LogP contribution in [0.15, 0.2) is 57.5 Å². The Morgan fingerprint density at radius 3 is 1.79 bits per heavy atom. The monoisotopic (exact) mass is 388 g/mol. The third-order valence-electron chi connectivity index (χ3n) is 1.98. The van der Waals surface area contributed by atoms with Crippen molar-refractivity contribution in [2.24, 2.45) is 0 Å². The molecule has 0 bridgehead atoms. The van der Waals surface area contributed by atoms with Gasteiger partial charge in [0.15, 0.2) is 6.79 Å². The molecule has 5 heteroatoms. The highest BCUT2D eigenvalue weighted by Gasteiger charge is 1.90. The fourth-order valence-corrected chi connectivity index (χ4v) is 1.63. The van der Waals surface area contributed by atoms with E-state index in [2.05, 4.69) is 31.9 Å². The molecular formula is C14H14Br2O3. The average Bonchev–Trinajstić information content (AvgIpc) is 2.42. The van der Waals surface area contributed by atoms with Crippen LogP contribution in [0.4, 0.5) is 0 Å². The number of halogens is 2. The third-order valence-corrected chi connectivity index (χ3v) is 3.04. The molecule has 0 aliphatic rings. The van der Waals surface area contributed by atoms with Gasteiger partial charge in [-0.05, 0) is 48.5 Å². The van der Waals surface area contributed by atoms with Crippen LogP contribution in [0.3, 0.4) is 0 Å². The summed E-state index contributed by atoms with van der Waals surface area (Å²) in [6.45, 7) is 0.293. The maximum absolute atomic E-state index is 8.74. The lowest BCUT2D eigenvalue weighted by atomic mass is 10.3. The van der Waals surface area contributed by atoms with Crippen LogP contribution in [0.5, 0.6) is 11.5 Å². The number of rotatable bonds is 3. The van der Waals surface area contributed by atoms with Gasteiger partial charge in [0, 0.05) is 16.1 Å². The summed E-state index contributed by atoms with van der Waals surface area (Å²) < 4.78 is 11.9. The first-order valence-electron chi connectivity index (χ1n) is 5.43. The van der Waals surface area contributed by atoms with Crippen LogP contribution in [0.1, 0.15) is 0 Å². The van der Waals surface area contributed by atoms with Crippen molar-refractivity contribution in [3.05, 3.63) is 57.5 Å². The van der Waals surface area contributed by atoms with Crippen LogP contribution < -0.4 is 4.74 Å². The first-order valence-corrected chi connectivity index (χ1v) is 7.02. The van der Waals surface area contributed by atoms with Crippen molar-refractivity contribution in [1.29, 1.82) is 0 Å². The third kappa shape index (κ3) is 7.20. The Balaban J connectivity index is 0.000000200. The quantitative estimate of drug-likeness (QED) is 0.780. The molecule has 0 radical (unpaired) electrons. The van der Waals surface area contributed by atoms with Gasteiger partial charge in [-0.3, -0.25) is 0 Å². The number of phenolic OH excluding ortho intramolecular Hbond substituents is 1. The molecule has 19 heavy (non-hydrogen) atoms. The molecule has 3 nitrogen and oxygen atoms in total. The van der Waals surface area contributed by atoms with E-state index in [9.17, 15) is 0 Å². The lowest BCUT2D eigenvalue weighted by Gasteiger charge is -2.02. The van der Waals surface area contributed by atoms with Crippen molar-refractivity contribution in [3.63, 3.8) is 0 Å². The van der Waals surface area contributed by atoms with Crippen LogP contribution in [-0.4, -0.2) is 19.0 Å². The van der Waals surface area contributed by atoms with Gasteiger partial charge >= 0.3 is 0 Å². The Bertz CT molecular complexity index is 448. The highest BCUT2D eigenvalue weighted by Crippen LogP contribution is 2.15. The number of phenols is 1. The van der Waals surface area contributed by atoms with Crippen LogP contribution >= 0.6 is 31.9 Å². The maximum Gasteiger partial charge on any atom is 0.188 e. The van der Waals surface area contributed by atoms with Gasteiger partial charge in [0.2, 0.25) is 0 Å². The SMILES string of the molecule is COCOc1ccc(Br)cc1.Oc1ccc(Br)cc1.